The van der Waals surface area contributed by atoms with Crippen LogP contribution in [0.5, 0.6) is 0 Å². The highest BCUT2D eigenvalue weighted by Gasteiger charge is 2.21. The summed E-state index contributed by atoms with van der Waals surface area (Å²) in [5.74, 6) is -0.0536. The minimum absolute atomic E-state index is 0.0744. The van der Waals surface area contributed by atoms with Gasteiger partial charge in [-0.2, -0.15) is 0 Å². The molecule has 0 saturated carbocycles. The van der Waals surface area contributed by atoms with Crippen LogP contribution in [-0.4, -0.2) is 66.3 Å². The second-order valence-corrected chi connectivity index (χ2v) is 9.82. The number of rotatable bonds is 9. The van der Waals surface area contributed by atoms with E-state index < -0.39 is 0 Å². The summed E-state index contributed by atoms with van der Waals surface area (Å²) >= 11 is 14.8. The Kier molecular flexibility index (Phi) is 9.43. The summed E-state index contributed by atoms with van der Waals surface area (Å²) in [7, 11) is 0. The molecule has 0 spiro atoms. The van der Waals surface area contributed by atoms with Gasteiger partial charge in [0.15, 0.2) is 4.34 Å². The molecule has 0 aliphatic carbocycles. The number of ether oxygens (including phenoxy) is 1. The van der Waals surface area contributed by atoms with Gasteiger partial charge in [-0.15, -0.1) is 11.3 Å². The Balaban J connectivity index is 1.39. The molecule has 2 N–H and O–H groups in total. The predicted octanol–water partition coefficient (Wildman–Crippen LogP) is 3.31. The molecule has 7 nitrogen and oxygen atoms in total. The van der Waals surface area contributed by atoms with E-state index in [-0.39, 0.29) is 23.7 Å². The molecule has 0 bridgehead atoms. The lowest BCUT2D eigenvalue weighted by Crippen LogP contribution is -2.47. The molecule has 1 fully saturated rings. The van der Waals surface area contributed by atoms with Gasteiger partial charge in [0.25, 0.3) is 5.91 Å². The Morgan fingerprint density at radius 3 is 2.94 bits per heavy atom. The SMILES string of the molecule is CCNC(=O)c1csc(SCC(=O)NC[C@H]2CN(Cc3ccc(Cl)c(Cl)c3)CCO2)n1. The smallest absolute Gasteiger partial charge is 0.270 e. The average molecular weight is 503 g/mol. The second-order valence-electron chi connectivity index (χ2n) is 6.93. The summed E-state index contributed by atoms with van der Waals surface area (Å²) in [4.78, 5) is 30.5. The minimum atomic E-state index is -0.199. The van der Waals surface area contributed by atoms with Gasteiger partial charge >= 0.3 is 0 Å². The number of thiazole rings is 1. The molecule has 11 heteroatoms. The fourth-order valence-electron chi connectivity index (χ4n) is 3.03. The lowest BCUT2D eigenvalue weighted by molar-refractivity contribution is -0.119. The van der Waals surface area contributed by atoms with E-state index in [1.807, 2.05) is 19.1 Å². The molecule has 31 heavy (non-hydrogen) atoms. The summed E-state index contributed by atoms with van der Waals surface area (Å²) in [5, 5.41) is 8.42. The number of thioether (sulfide) groups is 1. The summed E-state index contributed by atoms with van der Waals surface area (Å²) in [6.45, 7) is 5.74. The maximum Gasteiger partial charge on any atom is 0.270 e. The van der Waals surface area contributed by atoms with Crippen LogP contribution in [0, 0.1) is 0 Å². The monoisotopic (exact) mass is 502 g/mol. The number of hydrogen-bond acceptors (Lipinski definition) is 7. The van der Waals surface area contributed by atoms with Crippen LogP contribution >= 0.6 is 46.3 Å². The molecule has 1 aliphatic heterocycles. The third kappa shape index (κ3) is 7.62. The topological polar surface area (TPSA) is 83.6 Å². The van der Waals surface area contributed by atoms with Crippen molar-refractivity contribution in [3.8, 4) is 0 Å². The number of benzene rings is 1. The van der Waals surface area contributed by atoms with Crippen molar-refractivity contribution in [2.24, 2.45) is 0 Å². The van der Waals surface area contributed by atoms with Crippen LogP contribution in [0.4, 0.5) is 0 Å². The molecule has 1 aliphatic rings. The van der Waals surface area contributed by atoms with E-state index >= 15 is 0 Å². The average Bonchev–Trinajstić information content (AvgIpc) is 3.23. The summed E-state index contributed by atoms with van der Waals surface area (Å²) in [6, 6.07) is 5.65. The Bertz CT molecular complexity index is 912. The lowest BCUT2D eigenvalue weighted by atomic mass is 10.2. The third-order valence-electron chi connectivity index (χ3n) is 4.52. The van der Waals surface area contributed by atoms with Gasteiger partial charge in [-0.3, -0.25) is 14.5 Å². The molecule has 1 saturated heterocycles. The quantitative estimate of drug-likeness (QED) is 0.511. The molecule has 1 atom stereocenters. The number of nitrogens with one attached hydrogen (secondary N) is 2. The van der Waals surface area contributed by atoms with Gasteiger partial charge in [-0.1, -0.05) is 41.0 Å². The zero-order valence-electron chi connectivity index (χ0n) is 17.0. The fourth-order valence-corrected chi connectivity index (χ4v) is 4.99. The van der Waals surface area contributed by atoms with Gasteiger partial charge < -0.3 is 15.4 Å². The first-order valence-electron chi connectivity index (χ1n) is 9.85. The van der Waals surface area contributed by atoms with Crippen molar-refractivity contribution in [1.29, 1.82) is 0 Å². The van der Waals surface area contributed by atoms with E-state index in [0.717, 1.165) is 25.2 Å². The Hall–Kier alpha value is -1.36. The van der Waals surface area contributed by atoms with Crippen LogP contribution in [0.1, 0.15) is 23.0 Å². The van der Waals surface area contributed by atoms with E-state index in [1.54, 1.807) is 11.4 Å². The van der Waals surface area contributed by atoms with Crippen LogP contribution in [-0.2, 0) is 16.1 Å². The van der Waals surface area contributed by atoms with Gasteiger partial charge in [0.1, 0.15) is 5.69 Å². The van der Waals surface area contributed by atoms with Gasteiger partial charge in [-0.05, 0) is 24.6 Å². The van der Waals surface area contributed by atoms with Crippen molar-refractivity contribution >= 4 is 58.1 Å². The van der Waals surface area contributed by atoms with E-state index in [4.69, 9.17) is 27.9 Å². The zero-order valence-corrected chi connectivity index (χ0v) is 20.2. The second kappa shape index (κ2) is 12.0. The van der Waals surface area contributed by atoms with E-state index in [0.29, 0.717) is 39.8 Å². The highest BCUT2D eigenvalue weighted by molar-refractivity contribution is 8.01. The van der Waals surface area contributed by atoms with Gasteiger partial charge in [0.2, 0.25) is 5.91 Å². The van der Waals surface area contributed by atoms with Crippen LogP contribution in [0.15, 0.2) is 27.9 Å². The predicted molar refractivity (Wildman–Crippen MR) is 125 cm³/mol. The normalized spacial score (nSPS) is 16.8. The lowest BCUT2D eigenvalue weighted by Gasteiger charge is -2.33. The Morgan fingerprint density at radius 2 is 2.16 bits per heavy atom. The van der Waals surface area contributed by atoms with Crippen LogP contribution in [0.2, 0.25) is 10.0 Å². The fraction of sp³-hybridized carbons (Fsp3) is 0.450. The van der Waals surface area contributed by atoms with Crippen molar-refractivity contribution in [3.63, 3.8) is 0 Å². The molecule has 2 aromatic rings. The molecule has 1 aromatic heterocycles. The third-order valence-corrected chi connectivity index (χ3v) is 7.28. The maximum absolute atomic E-state index is 12.2. The summed E-state index contributed by atoms with van der Waals surface area (Å²) in [5.41, 5.74) is 1.47. The van der Waals surface area contributed by atoms with Crippen molar-refractivity contribution in [2.45, 2.75) is 23.9 Å². The molecule has 3 rings (SSSR count). The zero-order chi connectivity index (χ0) is 22.2. The summed E-state index contributed by atoms with van der Waals surface area (Å²) < 4.78 is 6.48. The molecule has 2 amide bonds. The molecule has 0 unspecified atom stereocenters. The molecule has 168 valence electrons. The summed E-state index contributed by atoms with van der Waals surface area (Å²) in [6.07, 6.45) is -0.0744. The highest BCUT2D eigenvalue weighted by atomic mass is 35.5. The number of nitrogens with zero attached hydrogens (tertiary/aromatic N) is 2. The van der Waals surface area contributed by atoms with E-state index in [1.165, 1.54) is 23.1 Å². The van der Waals surface area contributed by atoms with Crippen molar-refractivity contribution in [3.05, 3.63) is 44.9 Å². The number of halogens is 2. The minimum Gasteiger partial charge on any atom is -0.374 e. The number of hydrogen-bond donors (Lipinski definition) is 2. The number of carbonyl (C=O) groups is 2. The van der Waals surface area contributed by atoms with Gasteiger partial charge in [0, 0.05) is 38.1 Å². The first-order chi connectivity index (χ1) is 14.9. The Morgan fingerprint density at radius 1 is 1.32 bits per heavy atom. The van der Waals surface area contributed by atoms with E-state index in [9.17, 15) is 9.59 Å². The van der Waals surface area contributed by atoms with Gasteiger partial charge in [-0.25, -0.2) is 4.98 Å². The van der Waals surface area contributed by atoms with Crippen LogP contribution < -0.4 is 10.6 Å². The van der Waals surface area contributed by atoms with Crippen molar-refractivity contribution < 1.29 is 14.3 Å². The molecule has 0 radical (unpaired) electrons. The number of morpholine rings is 1. The van der Waals surface area contributed by atoms with Gasteiger partial charge in [0.05, 0.1) is 28.5 Å². The Labute approximate surface area is 199 Å². The molecule has 2 heterocycles. The van der Waals surface area contributed by atoms with Crippen molar-refractivity contribution in [1.82, 2.24) is 20.5 Å². The largest absolute Gasteiger partial charge is 0.374 e. The highest BCUT2D eigenvalue weighted by Crippen LogP contribution is 2.24. The van der Waals surface area contributed by atoms with Crippen LogP contribution in [0.25, 0.3) is 0 Å². The number of carbonyl (C=O) groups excluding carboxylic acids is 2. The van der Waals surface area contributed by atoms with E-state index in [2.05, 4.69) is 20.5 Å². The number of amides is 2. The number of aromatic nitrogens is 1. The first kappa shape index (κ1) is 24.3. The molecular weight excluding hydrogens is 479 g/mol. The standard InChI is InChI=1S/C20H24Cl2N4O3S2/c1-2-23-19(28)17-11-30-20(25-17)31-12-18(27)24-8-14-10-26(5-6-29-14)9-13-3-4-15(21)16(22)7-13/h3-4,7,11,14H,2,5-6,8-10,12H2,1H3,(H,23,28)(H,24,27)/t14-/m0/s1. The first-order valence-corrected chi connectivity index (χ1v) is 12.5. The molecule has 1 aromatic carbocycles. The maximum atomic E-state index is 12.2. The van der Waals surface area contributed by atoms with Crippen molar-refractivity contribution in [2.75, 3.05) is 38.5 Å². The van der Waals surface area contributed by atoms with Crippen LogP contribution in [0.3, 0.4) is 0 Å². The molecular formula is C20H24Cl2N4O3S2.